The monoisotopic (exact) mass is 484 g/mol. The van der Waals surface area contributed by atoms with Gasteiger partial charge in [-0.25, -0.2) is 4.98 Å². The Morgan fingerprint density at radius 1 is 1.00 bits per heavy atom. The molecule has 1 heterocycles. The average molecular weight is 485 g/mol. The highest BCUT2D eigenvalue weighted by Crippen LogP contribution is 2.37. The van der Waals surface area contributed by atoms with Gasteiger partial charge >= 0.3 is 6.18 Å². The minimum atomic E-state index is -4.62. The fraction of sp³-hybridized carbons (Fsp3) is 0.407. The number of nitrogens with zero attached hydrogens (tertiary/aromatic N) is 2. The van der Waals surface area contributed by atoms with Crippen molar-refractivity contribution in [3.63, 3.8) is 0 Å². The van der Waals surface area contributed by atoms with Gasteiger partial charge in [-0.05, 0) is 61.9 Å². The highest BCUT2D eigenvalue weighted by atomic mass is 19.4. The van der Waals surface area contributed by atoms with Gasteiger partial charge in [-0.2, -0.15) is 18.2 Å². The predicted octanol–water partition coefficient (Wildman–Crippen LogP) is 8.21. The van der Waals surface area contributed by atoms with E-state index in [1.807, 2.05) is 26.0 Å². The van der Waals surface area contributed by atoms with Gasteiger partial charge in [-0.15, -0.1) is 0 Å². The van der Waals surface area contributed by atoms with Gasteiger partial charge < -0.3 is 15.4 Å². The summed E-state index contributed by atoms with van der Waals surface area (Å²) in [6.45, 7) is 3.89. The molecule has 0 aliphatic heterocycles. The quantitative estimate of drug-likeness (QED) is 0.337. The van der Waals surface area contributed by atoms with Crippen LogP contribution in [0, 0.1) is 0 Å². The number of aromatic nitrogens is 2. The first-order valence-electron chi connectivity index (χ1n) is 12.2. The van der Waals surface area contributed by atoms with Crippen molar-refractivity contribution in [2.75, 3.05) is 10.6 Å². The number of alkyl halides is 3. The Morgan fingerprint density at radius 2 is 1.71 bits per heavy atom. The third-order valence-electron chi connectivity index (χ3n) is 6.38. The minimum absolute atomic E-state index is 0.0752. The molecule has 0 saturated heterocycles. The summed E-state index contributed by atoms with van der Waals surface area (Å²) in [5.74, 6) is 0.773. The molecule has 2 aromatic carbocycles. The number of hydrogen-bond donors (Lipinski definition) is 2. The first-order chi connectivity index (χ1) is 16.8. The maximum atomic E-state index is 13.7. The van der Waals surface area contributed by atoms with E-state index >= 15 is 0 Å². The van der Waals surface area contributed by atoms with E-state index in [0.29, 0.717) is 17.4 Å². The largest absolute Gasteiger partial charge is 0.489 e. The van der Waals surface area contributed by atoms with E-state index in [0.717, 1.165) is 18.3 Å². The van der Waals surface area contributed by atoms with Crippen LogP contribution in [0.25, 0.3) is 0 Å². The molecule has 1 fully saturated rings. The minimum Gasteiger partial charge on any atom is -0.489 e. The summed E-state index contributed by atoms with van der Waals surface area (Å²) in [4.78, 5) is 8.10. The lowest BCUT2D eigenvalue weighted by Gasteiger charge is -2.22. The van der Waals surface area contributed by atoms with Crippen LogP contribution in [0.4, 0.5) is 36.3 Å². The molecule has 0 amide bonds. The Balaban J connectivity index is 1.57. The zero-order chi connectivity index (χ0) is 24.8. The smallest absolute Gasteiger partial charge is 0.421 e. The van der Waals surface area contributed by atoms with Gasteiger partial charge in [-0.3, -0.25) is 0 Å². The summed E-state index contributed by atoms with van der Waals surface area (Å²) in [6, 6.07) is 14.9. The first kappa shape index (κ1) is 24.8. The summed E-state index contributed by atoms with van der Waals surface area (Å²) in [7, 11) is 0. The highest BCUT2D eigenvalue weighted by Gasteiger charge is 2.35. The third-order valence-corrected chi connectivity index (χ3v) is 6.38. The summed E-state index contributed by atoms with van der Waals surface area (Å²) in [5.41, 5.74) is 1.47. The standard InChI is InChI=1S/C27H31F3N4O/c1-3-18(2)35-24-12-8-7-11-23(24)33-25-22(27(28,29)30)17-31-26(34-25)32-21-15-13-20(14-16-21)19-9-5-4-6-10-19/h7-8,11-19H,3-6,9-10H2,1-2H3,(H2,31,32,33,34). The first-order valence-corrected chi connectivity index (χ1v) is 12.2. The molecule has 186 valence electrons. The molecule has 1 saturated carbocycles. The van der Waals surface area contributed by atoms with E-state index in [2.05, 4.69) is 32.7 Å². The number of para-hydroxylation sites is 2. The fourth-order valence-electron chi connectivity index (χ4n) is 4.25. The number of nitrogens with one attached hydrogen (secondary N) is 2. The van der Waals surface area contributed by atoms with Crippen LogP contribution in [0.3, 0.4) is 0 Å². The summed E-state index contributed by atoms with van der Waals surface area (Å²) >= 11 is 0. The Hall–Kier alpha value is -3.29. The molecule has 1 atom stereocenters. The molecule has 1 aliphatic carbocycles. The van der Waals surface area contributed by atoms with Crippen LogP contribution in [0.1, 0.15) is 69.4 Å². The summed E-state index contributed by atoms with van der Waals surface area (Å²) in [5, 5.41) is 5.85. The lowest BCUT2D eigenvalue weighted by molar-refractivity contribution is -0.137. The lowest BCUT2D eigenvalue weighted by Crippen LogP contribution is -2.14. The van der Waals surface area contributed by atoms with E-state index in [4.69, 9.17) is 4.74 Å². The normalized spacial score (nSPS) is 15.5. The van der Waals surface area contributed by atoms with Crippen molar-refractivity contribution in [2.24, 2.45) is 0 Å². The van der Waals surface area contributed by atoms with E-state index in [1.165, 1.54) is 37.7 Å². The van der Waals surface area contributed by atoms with Gasteiger partial charge in [-0.1, -0.05) is 50.5 Å². The average Bonchev–Trinajstić information content (AvgIpc) is 2.85. The zero-order valence-corrected chi connectivity index (χ0v) is 20.0. The molecule has 0 radical (unpaired) electrons. The van der Waals surface area contributed by atoms with Crippen LogP contribution in [0.5, 0.6) is 5.75 Å². The van der Waals surface area contributed by atoms with Crippen LogP contribution in [-0.2, 0) is 6.18 Å². The SMILES string of the molecule is CCC(C)Oc1ccccc1Nc1nc(Nc2ccc(C3CCCCC3)cc2)ncc1C(F)(F)F. The van der Waals surface area contributed by atoms with Gasteiger partial charge in [0, 0.05) is 11.9 Å². The van der Waals surface area contributed by atoms with E-state index in [9.17, 15) is 13.2 Å². The summed E-state index contributed by atoms with van der Waals surface area (Å²) < 4.78 is 47.1. The maximum Gasteiger partial charge on any atom is 0.421 e. The summed E-state index contributed by atoms with van der Waals surface area (Å²) in [6.07, 6.45) is 3.07. The second-order valence-electron chi connectivity index (χ2n) is 8.99. The zero-order valence-electron chi connectivity index (χ0n) is 20.0. The van der Waals surface area contributed by atoms with E-state index < -0.39 is 11.7 Å². The van der Waals surface area contributed by atoms with Crippen molar-refractivity contribution in [3.8, 4) is 5.75 Å². The topological polar surface area (TPSA) is 59.1 Å². The molecular formula is C27H31F3N4O. The third kappa shape index (κ3) is 6.44. The number of anilines is 4. The molecule has 0 bridgehead atoms. The second kappa shape index (κ2) is 11.0. The van der Waals surface area contributed by atoms with Crippen molar-refractivity contribution in [1.29, 1.82) is 0 Å². The van der Waals surface area contributed by atoms with Crippen molar-refractivity contribution in [3.05, 3.63) is 65.9 Å². The van der Waals surface area contributed by atoms with E-state index in [1.54, 1.807) is 24.3 Å². The van der Waals surface area contributed by atoms with Crippen molar-refractivity contribution < 1.29 is 17.9 Å². The van der Waals surface area contributed by atoms with Crippen LogP contribution < -0.4 is 15.4 Å². The molecular weight excluding hydrogens is 453 g/mol. The Labute approximate surface area is 204 Å². The second-order valence-corrected chi connectivity index (χ2v) is 8.99. The van der Waals surface area contributed by atoms with Gasteiger partial charge in [0.15, 0.2) is 0 Å². The molecule has 1 aliphatic rings. The molecule has 4 rings (SSSR count). The van der Waals surface area contributed by atoms with Crippen LogP contribution in [-0.4, -0.2) is 16.1 Å². The molecule has 0 spiro atoms. The van der Waals surface area contributed by atoms with E-state index in [-0.39, 0.29) is 17.9 Å². The van der Waals surface area contributed by atoms with Crippen LogP contribution in [0.2, 0.25) is 0 Å². The Bertz CT molecular complexity index is 1110. The van der Waals surface area contributed by atoms with Gasteiger partial charge in [0.25, 0.3) is 0 Å². The van der Waals surface area contributed by atoms with Gasteiger partial charge in [0.1, 0.15) is 17.1 Å². The lowest BCUT2D eigenvalue weighted by atomic mass is 9.84. The molecule has 2 N–H and O–H groups in total. The molecule has 5 nitrogen and oxygen atoms in total. The molecule has 3 aromatic rings. The molecule has 1 aromatic heterocycles. The number of halogens is 3. The van der Waals surface area contributed by atoms with Gasteiger partial charge in [0.05, 0.1) is 11.8 Å². The van der Waals surface area contributed by atoms with Crippen molar-refractivity contribution in [1.82, 2.24) is 9.97 Å². The molecule has 35 heavy (non-hydrogen) atoms. The van der Waals surface area contributed by atoms with Gasteiger partial charge in [0.2, 0.25) is 5.95 Å². The molecule has 1 unspecified atom stereocenters. The van der Waals surface area contributed by atoms with Crippen LogP contribution in [0.15, 0.2) is 54.7 Å². The van der Waals surface area contributed by atoms with Crippen molar-refractivity contribution in [2.45, 2.75) is 70.6 Å². The van der Waals surface area contributed by atoms with Crippen LogP contribution >= 0.6 is 0 Å². The Morgan fingerprint density at radius 3 is 2.40 bits per heavy atom. The highest BCUT2D eigenvalue weighted by molar-refractivity contribution is 5.67. The predicted molar refractivity (Wildman–Crippen MR) is 133 cm³/mol. The number of hydrogen-bond acceptors (Lipinski definition) is 5. The fourth-order valence-corrected chi connectivity index (χ4v) is 4.25. The number of rotatable bonds is 8. The molecule has 8 heteroatoms. The number of benzene rings is 2. The number of ether oxygens (including phenoxy) is 1. The Kier molecular flexibility index (Phi) is 7.78. The van der Waals surface area contributed by atoms with Crippen molar-refractivity contribution >= 4 is 23.1 Å². The maximum absolute atomic E-state index is 13.7.